The maximum atomic E-state index is 12.8. The van der Waals surface area contributed by atoms with Crippen LogP contribution in [0.25, 0.3) is 0 Å². The number of rotatable bonds is 4. The monoisotopic (exact) mass is 367 g/mol. The van der Waals surface area contributed by atoms with Crippen LogP contribution in [0.4, 0.5) is 17.2 Å². The number of hydrogen-bond donors (Lipinski definition) is 1. The van der Waals surface area contributed by atoms with Crippen LogP contribution in [0.3, 0.4) is 0 Å². The summed E-state index contributed by atoms with van der Waals surface area (Å²) in [6.07, 6.45) is 5.07. The molecule has 4 rings (SSSR count). The number of para-hydroxylation sites is 2. The normalized spacial score (nSPS) is 17.6. The Bertz CT molecular complexity index is 785. The van der Waals surface area contributed by atoms with E-state index in [2.05, 4.69) is 25.1 Å². The summed E-state index contributed by atoms with van der Waals surface area (Å²) in [6.45, 7) is 5.01. The van der Waals surface area contributed by atoms with Crippen LogP contribution in [0.5, 0.6) is 0 Å². The Balaban J connectivity index is 1.51. The molecule has 142 valence electrons. The van der Waals surface area contributed by atoms with Crippen molar-refractivity contribution in [3.63, 3.8) is 0 Å². The van der Waals surface area contributed by atoms with Crippen molar-refractivity contribution in [2.75, 3.05) is 54.5 Å². The molecule has 0 unspecified atom stereocenters. The van der Waals surface area contributed by atoms with Crippen molar-refractivity contribution in [1.29, 1.82) is 0 Å². The molecule has 0 atom stereocenters. The van der Waals surface area contributed by atoms with Gasteiger partial charge in [-0.15, -0.1) is 0 Å². The second kappa shape index (κ2) is 8.35. The van der Waals surface area contributed by atoms with E-state index in [0.29, 0.717) is 18.9 Å². The molecule has 1 amide bonds. The minimum atomic E-state index is -0.212. The number of nitrogens with one attached hydrogen (secondary N) is 1. The first-order valence-electron chi connectivity index (χ1n) is 9.61. The summed E-state index contributed by atoms with van der Waals surface area (Å²) in [4.78, 5) is 25.8. The molecule has 3 heterocycles. The second-order valence-corrected chi connectivity index (χ2v) is 6.88. The maximum absolute atomic E-state index is 12.8. The van der Waals surface area contributed by atoms with Crippen LogP contribution in [0.1, 0.15) is 29.8 Å². The number of hydrogen-bond acceptors (Lipinski definition) is 6. The molecule has 0 bridgehead atoms. The van der Waals surface area contributed by atoms with Gasteiger partial charge < -0.3 is 19.9 Å². The van der Waals surface area contributed by atoms with E-state index in [1.807, 2.05) is 24.3 Å². The molecule has 0 spiro atoms. The van der Waals surface area contributed by atoms with E-state index in [-0.39, 0.29) is 5.91 Å². The van der Waals surface area contributed by atoms with Crippen LogP contribution in [-0.4, -0.2) is 55.3 Å². The highest BCUT2D eigenvalue weighted by Gasteiger charge is 2.18. The molecule has 2 saturated heterocycles. The predicted octanol–water partition coefficient (Wildman–Crippen LogP) is 2.56. The lowest BCUT2D eigenvalue weighted by atomic mass is 10.1. The molecule has 1 N–H and O–H groups in total. The molecule has 2 aliphatic rings. The van der Waals surface area contributed by atoms with E-state index in [0.717, 1.165) is 43.4 Å². The Kier molecular flexibility index (Phi) is 5.48. The Labute approximate surface area is 159 Å². The Hall–Kier alpha value is -2.67. The molecule has 2 fully saturated rings. The van der Waals surface area contributed by atoms with Crippen molar-refractivity contribution < 1.29 is 9.53 Å². The average molecular weight is 367 g/mol. The fraction of sp³-hybridized carbons (Fsp3) is 0.450. The Morgan fingerprint density at radius 3 is 2.56 bits per heavy atom. The van der Waals surface area contributed by atoms with Crippen molar-refractivity contribution in [2.45, 2.75) is 19.3 Å². The van der Waals surface area contributed by atoms with Crippen molar-refractivity contribution in [3.8, 4) is 0 Å². The third kappa shape index (κ3) is 4.19. The number of nitrogens with zero attached hydrogens (tertiary/aromatic N) is 4. The largest absolute Gasteiger partial charge is 0.378 e. The van der Waals surface area contributed by atoms with Gasteiger partial charge in [-0.3, -0.25) is 4.79 Å². The van der Waals surface area contributed by atoms with Gasteiger partial charge in [-0.05, 0) is 31.4 Å². The van der Waals surface area contributed by atoms with E-state index in [4.69, 9.17) is 4.74 Å². The van der Waals surface area contributed by atoms with Crippen LogP contribution in [0.15, 0.2) is 36.7 Å². The average Bonchev–Trinajstić information content (AvgIpc) is 2.75. The lowest BCUT2D eigenvalue weighted by Crippen LogP contribution is -2.36. The van der Waals surface area contributed by atoms with E-state index in [1.165, 1.54) is 25.6 Å². The first-order chi connectivity index (χ1) is 13.3. The molecule has 0 radical (unpaired) electrons. The lowest BCUT2D eigenvalue weighted by molar-refractivity contribution is 0.102. The Morgan fingerprint density at radius 2 is 1.74 bits per heavy atom. The molecule has 7 heteroatoms. The standard InChI is InChI=1S/C20H25N5O2/c26-20(17-14-19(22-15-21-17)25-8-4-1-5-9-25)23-16-6-2-3-7-18(16)24-10-12-27-13-11-24/h2-3,6-7,14-15H,1,4-5,8-13H2,(H,23,26). The lowest BCUT2D eigenvalue weighted by Gasteiger charge is -2.30. The molecular formula is C20H25N5O2. The second-order valence-electron chi connectivity index (χ2n) is 6.88. The van der Waals surface area contributed by atoms with Crippen molar-refractivity contribution in [1.82, 2.24) is 9.97 Å². The van der Waals surface area contributed by atoms with E-state index < -0.39 is 0 Å². The fourth-order valence-electron chi connectivity index (χ4n) is 3.61. The third-order valence-corrected chi connectivity index (χ3v) is 5.07. The van der Waals surface area contributed by atoms with Crippen LogP contribution in [-0.2, 0) is 4.74 Å². The molecule has 1 aromatic carbocycles. The van der Waals surface area contributed by atoms with Gasteiger partial charge >= 0.3 is 0 Å². The molecule has 2 aliphatic heterocycles. The number of carbonyl (C=O) groups is 1. The number of aromatic nitrogens is 2. The number of morpholine rings is 1. The highest BCUT2D eigenvalue weighted by Crippen LogP contribution is 2.27. The van der Waals surface area contributed by atoms with Gasteiger partial charge in [0, 0.05) is 32.2 Å². The Morgan fingerprint density at radius 1 is 0.963 bits per heavy atom. The summed E-state index contributed by atoms with van der Waals surface area (Å²) < 4.78 is 5.43. The minimum absolute atomic E-state index is 0.212. The van der Waals surface area contributed by atoms with Gasteiger partial charge in [0.2, 0.25) is 0 Å². The summed E-state index contributed by atoms with van der Waals surface area (Å²) in [7, 11) is 0. The maximum Gasteiger partial charge on any atom is 0.274 e. The van der Waals surface area contributed by atoms with Crippen molar-refractivity contribution >= 4 is 23.1 Å². The molecule has 0 aliphatic carbocycles. The smallest absolute Gasteiger partial charge is 0.274 e. The highest BCUT2D eigenvalue weighted by atomic mass is 16.5. The summed E-state index contributed by atoms with van der Waals surface area (Å²) in [5.74, 6) is 0.618. The quantitative estimate of drug-likeness (QED) is 0.896. The number of carbonyl (C=O) groups excluding carboxylic acids is 1. The summed E-state index contributed by atoms with van der Waals surface area (Å²) >= 11 is 0. The van der Waals surface area contributed by atoms with E-state index in [1.54, 1.807) is 6.07 Å². The SMILES string of the molecule is O=C(Nc1ccccc1N1CCOCC1)c1cc(N2CCCCC2)ncn1. The summed E-state index contributed by atoms with van der Waals surface area (Å²) in [5.41, 5.74) is 2.20. The van der Waals surface area contributed by atoms with E-state index >= 15 is 0 Å². The van der Waals surface area contributed by atoms with Gasteiger partial charge in [0.1, 0.15) is 17.8 Å². The molecule has 1 aromatic heterocycles. The van der Waals surface area contributed by atoms with Gasteiger partial charge in [-0.2, -0.15) is 0 Å². The molecule has 2 aromatic rings. The number of anilines is 3. The topological polar surface area (TPSA) is 70.6 Å². The van der Waals surface area contributed by atoms with Crippen molar-refractivity contribution in [3.05, 3.63) is 42.4 Å². The van der Waals surface area contributed by atoms with Crippen molar-refractivity contribution in [2.24, 2.45) is 0 Å². The number of amides is 1. The summed E-state index contributed by atoms with van der Waals surface area (Å²) in [6, 6.07) is 9.66. The van der Waals surface area contributed by atoms with E-state index in [9.17, 15) is 4.79 Å². The van der Waals surface area contributed by atoms with Crippen LogP contribution >= 0.6 is 0 Å². The summed E-state index contributed by atoms with van der Waals surface area (Å²) in [5, 5.41) is 3.02. The molecule has 27 heavy (non-hydrogen) atoms. The number of piperidine rings is 1. The first kappa shape index (κ1) is 17.7. The van der Waals surface area contributed by atoms with Crippen LogP contribution < -0.4 is 15.1 Å². The molecule has 0 saturated carbocycles. The minimum Gasteiger partial charge on any atom is -0.378 e. The zero-order chi connectivity index (χ0) is 18.5. The highest BCUT2D eigenvalue weighted by molar-refractivity contribution is 6.05. The third-order valence-electron chi connectivity index (χ3n) is 5.07. The number of ether oxygens (including phenoxy) is 1. The molecule has 7 nitrogen and oxygen atoms in total. The van der Waals surface area contributed by atoms with Gasteiger partial charge in [-0.25, -0.2) is 9.97 Å². The fourth-order valence-corrected chi connectivity index (χ4v) is 3.61. The van der Waals surface area contributed by atoms with Gasteiger partial charge in [-0.1, -0.05) is 12.1 Å². The van der Waals surface area contributed by atoms with Crippen LogP contribution in [0, 0.1) is 0 Å². The molecular weight excluding hydrogens is 342 g/mol. The zero-order valence-corrected chi connectivity index (χ0v) is 15.4. The first-order valence-corrected chi connectivity index (χ1v) is 9.61. The zero-order valence-electron chi connectivity index (χ0n) is 15.4. The van der Waals surface area contributed by atoms with Crippen LogP contribution in [0.2, 0.25) is 0 Å². The number of benzene rings is 1. The predicted molar refractivity (Wildman–Crippen MR) is 106 cm³/mol. The van der Waals surface area contributed by atoms with Gasteiger partial charge in [0.05, 0.1) is 24.6 Å². The van der Waals surface area contributed by atoms with Gasteiger partial charge in [0.15, 0.2) is 0 Å². The van der Waals surface area contributed by atoms with Gasteiger partial charge in [0.25, 0.3) is 5.91 Å².